The minimum atomic E-state index is -0.361. The molecule has 0 aliphatic carbocycles. The largest absolute Gasteiger partial charge is 0.334 e. The van der Waals surface area contributed by atoms with Crippen molar-refractivity contribution in [1.82, 2.24) is 4.90 Å². The Balaban J connectivity index is 2.15. The first kappa shape index (κ1) is 15.0. The summed E-state index contributed by atoms with van der Waals surface area (Å²) < 4.78 is 0. The van der Waals surface area contributed by atoms with Gasteiger partial charge in [0.1, 0.15) is 0 Å². The summed E-state index contributed by atoms with van der Waals surface area (Å²) in [6.07, 6.45) is 2.87. The molecule has 1 heterocycles. The van der Waals surface area contributed by atoms with Crippen LogP contribution in [0.25, 0.3) is 0 Å². The number of aryl methyl sites for hydroxylation is 1. The lowest BCUT2D eigenvalue weighted by molar-refractivity contribution is -0.133. The topological polar surface area (TPSA) is 46.3 Å². The normalized spacial score (nSPS) is 20.4. The first-order chi connectivity index (χ1) is 9.50. The fourth-order valence-corrected chi connectivity index (χ4v) is 3.14. The van der Waals surface area contributed by atoms with Crippen LogP contribution in [0.4, 0.5) is 0 Å². The number of likely N-dealkylation sites (tertiary alicyclic amines) is 1. The SMILES string of the molecule is Cc1ccccc1C1CCCN1C(=O)[C@H](N)CC(C)C. The van der Waals surface area contributed by atoms with E-state index < -0.39 is 0 Å². The summed E-state index contributed by atoms with van der Waals surface area (Å²) in [4.78, 5) is 14.6. The van der Waals surface area contributed by atoms with E-state index in [2.05, 4.69) is 39.0 Å². The molecule has 1 unspecified atom stereocenters. The van der Waals surface area contributed by atoms with Gasteiger partial charge >= 0.3 is 0 Å². The Bertz CT molecular complexity index is 470. The maximum atomic E-state index is 12.6. The third kappa shape index (κ3) is 3.21. The number of amides is 1. The van der Waals surface area contributed by atoms with Gasteiger partial charge < -0.3 is 10.6 Å². The van der Waals surface area contributed by atoms with Gasteiger partial charge in [-0.3, -0.25) is 4.79 Å². The highest BCUT2D eigenvalue weighted by atomic mass is 16.2. The van der Waals surface area contributed by atoms with E-state index in [-0.39, 0.29) is 18.0 Å². The van der Waals surface area contributed by atoms with Gasteiger partial charge in [0.05, 0.1) is 12.1 Å². The van der Waals surface area contributed by atoms with E-state index in [0.717, 1.165) is 25.8 Å². The van der Waals surface area contributed by atoms with Crippen molar-refractivity contribution in [3.05, 3.63) is 35.4 Å². The van der Waals surface area contributed by atoms with Gasteiger partial charge in [0.25, 0.3) is 0 Å². The number of benzene rings is 1. The van der Waals surface area contributed by atoms with Gasteiger partial charge in [0.2, 0.25) is 5.91 Å². The Kier molecular flexibility index (Phi) is 4.81. The molecule has 1 amide bonds. The Labute approximate surface area is 122 Å². The van der Waals surface area contributed by atoms with E-state index in [4.69, 9.17) is 5.73 Å². The molecule has 3 heteroatoms. The average Bonchev–Trinajstić information content (AvgIpc) is 2.86. The second-order valence-corrected chi connectivity index (χ2v) is 6.28. The molecule has 0 aromatic heterocycles. The second kappa shape index (κ2) is 6.40. The maximum absolute atomic E-state index is 12.6. The van der Waals surface area contributed by atoms with Crippen molar-refractivity contribution >= 4 is 5.91 Å². The van der Waals surface area contributed by atoms with Crippen molar-refractivity contribution in [3.8, 4) is 0 Å². The average molecular weight is 274 g/mol. The number of rotatable bonds is 4. The van der Waals surface area contributed by atoms with Gasteiger partial charge in [0, 0.05) is 6.54 Å². The second-order valence-electron chi connectivity index (χ2n) is 6.28. The summed E-state index contributed by atoms with van der Waals surface area (Å²) in [6.45, 7) is 7.17. The first-order valence-electron chi connectivity index (χ1n) is 7.62. The quantitative estimate of drug-likeness (QED) is 0.917. The first-order valence-corrected chi connectivity index (χ1v) is 7.62. The van der Waals surface area contributed by atoms with Crippen LogP contribution in [-0.4, -0.2) is 23.4 Å². The maximum Gasteiger partial charge on any atom is 0.240 e. The third-order valence-electron chi connectivity index (χ3n) is 4.13. The molecule has 2 N–H and O–H groups in total. The fraction of sp³-hybridized carbons (Fsp3) is 0.588. The molecule has 0 radical (unpaired) electrons. The van der Waals surface area contributed by atoms with E-state index >= 15 is 0 Å². The Morgan fingerprint density at radius 2 is 2.10 bits per heavy atom. The highest BCUT2D eigenvalue weighted by Gasteiger charge is 2.33. The minimum absolute atomic E-state index is 0.115. The number of nitrogens with zero attached hydrogens (tertiary/aromatic N) is 1. The van der Waals surface area contributed by atoms with E-state index in [1.54, 1.807) is 0 Å². The van der Waals surface area contributed by atoms with Gasteiger partial charge in [-0.05, 0) is 43.2 Å². The number of hydrogen-bond donors (Lipinski definition) is 1. The van der Waals surface area contributed by atoms with Crippen molar-refractivity contribution in [2.24, 2.45) is 11.7 Å². The van der Waals surface area contributed by atoms with Gasteiger partial charge in [-0.2, -0.15) is 0 Å². The highest BCUT2D eigenvalue weighted by Crippen LogP contribution is 2.34. The van der Waals surface area contributed by atoms with E-state index in [1.165, 1.54) is 11.1 Å². The van der Waals surface area contributed by atoms with Crippen LogP contribution < -0.4 is 5.73 Å². The predicted molar refractivity (Wildman–Crippen MR) is 82.3 cm³/mol. The lowest BCUT2D eigenvalue weighted by atomic mass is 9.98. The van der Waals surface area contributed by atoms with Gasteiger partial charge in [-0.25, -0.2) is 0 Å². The van der Waals surface area contributed by atoms with Crippen molar-refractivity contribution in [2.75, 3.05) is 6.54 Å². The molecule has 2 rings (SSSR count). The zero-order chi connectivity index (χ0) is 14.7. The summed E-state index contributed by atoms with van der Waals surface area (Å²) in [5, 5.41) is 0. The summed E-state index contributed by atoms with van der Waals surface area (Å²) in [5.74, 6) is 0.568. The van der Waals surface area contributed by atoms with Crippen molar-refractivity contribution in [1.29, 1.82) is 0 Å². The molecule has 1 fully saturated rings. The van der Waals surface area contributed by atoms with E-state index in [9.17, 15) is 4.79 Å². The van der Waals surface area contributed by atoms with Crippen LogP contribution in [0.3, 0.4) is 0 Å². The molecule has 20 heavy (non-hydrogen) atoms. The van der Waals surface area contributed by atoms with Crippen LogP contribution in [0, 0.1) is 12.8 Å². The molecule has 110 valence electrons. The predicted octanol–water partition coefficient (Wildman–Crippen LogP) is 3.03. The van der Waals surface area contributed by atoms with Crippen LogP contribution in [0.5, 0.6) is 0 Å². The monoisotopic (exact) mass is 274 g/mol. The molecule has 1 aromatic rings. The molecular weight excluding hydrogens is 248 g/mol. The minimum Gasteiger partial charge on any atom is -0.334 e. The number of carbonyl (C=O) groups excluding carboxylic acids is 1. The van der Waals surface area contributed by atoms with Crippen LogP contribution in [0.1, 0.15) is 50.3 Å². The van der Waals surface area contributed by atoms with Crippen LogP contribution in [0.2, 0.25) is 0 Å². The number of carbonyl (C=O) groups is 1. The molecule has 0 bridgehead atoms. The van der Waals surface area contributed by atoms with Gasteiger partial charge in [-0.1, -0.05) is 38.1 Å². The number of nitrogens with two attached hydrogens (primary N) is 1. The summed E-state index contributed by atoms with van der Waals surface area (Å²) in [7, 11) is 0. The Morgan fingerprint density at radius 3 is 2.75 bits per heavy atom. The molecule has 1 aliphatic rings. The van der Waals surface area contributed by atoms with Crippen LogP contribution in [-0.2, 0) is 4.79 Å². The smallest absolute Gasteiger partial charge is 0.240 e. The standard InChI is InChI=1S/C17H26N2O/c1-12(2)11-15(18)17(20)19-10-6-9-16(19)14-8-5-4-7-13(14)3/h4-5,7-8,12,15-16H,6,9-11,18H2,1-3H3/t15-,16?/m1/s1. The Morgan fingerprint density at radius 1 is 1.40 bits per heavy atom. The molecule has 2 atom stereocenters. The van der Waals surface area contributed by atoms with Gasteiger partial charge in [-0.15, -0.1) is 0 Å². The lowest BCUT2D eigenvalue weighted by Gasteiger charge is -2.29. The molecule has 1 saturated heterocycles. The molecule has 3 nitrogen and oxygen atoms in total. The summed E-state index contributed by atoms with van der Waals surface area (Å²) >= 11 is 0. The molecule has 0 saturated carbocycles. The number of hydrogen-bond acceptors (Lipinski definition) is 2. The molecular formula is C17H26N2O. The third-order valence-corrected chi connectivity index (χ3v) is 4.13. The molecule has 1 aliphatic heterocycles. The molecule has 1 aromatic carbocycles. The highest BCUT2D eigenvalue weighted by molar-refractivity contribution is 5.82. The van der Waals surface area contributed by atoms with Crippen molar-refractivity contribution < 1.29 is 4.79 Å². The summed E-state index contributed by atoms with van der Waals surface area (Å²) in [6, 6.07) is 8.20. The van der Waals surface area contributed by atoms with Crippen LogP contribution >= 0.6 is 0 Å². The zero-order valence-electron chi connectivity index (χ0n) is 12.8. The van der Waals surface area contributed by atoms with Crippen molar-refractivity contribution in [3.63, 3.8) is 0 Å². The van der Waals surface area contributed by atoms with Gasteiger partial charge in [0.15, 0.2) is 0 Å². The van der Waals surface area contributed by atoms with Crippen molar-refractivity contribution in [2.45, 2.75) is 52.1 Å². The lowest BCUT2D eigenvalue weighted by Crippen LogP contribution is -2.44. The van der Waals surface area contributed by atoms with Crippen LogP contribution in [0.15, 0.2) is 24.3 Å². The zero-order valence-corrected chi connectivity index (χ0v) is 12.8. The van der Waals surface area contributed by atoms with E-state index in [1.807, 2.05) is 11.0 Å². The Hall–Kier alpha value is -1.35. The van der Waals surface area contributed by atoms with E-state index in [0.29, 0.717) is 5.92 Å². The molecule has 0 spiro atoms. The summed E-state index contributed by atoms with van der Waals surface area (Å²) in [5.41, 5.74) is 8.62. The fourth-order valence-electron chi connectivity index (χ4n) is 3.14.